The van der Waals surface area contributed by atoms with Crippen molar-refractivity contribution in [2.75, 3.05) is 0 Å². The van der Waals surface area contributed by atoms with E-state index < -0.39 is 5.78 Å². The number of nitrogens with zero attached hydrogens (tertiary/aromatic N) is 4. The Kier molecular flexibility index (Phi) is 2.91. The van der Waals surface area contributed by atoms with Gasteiger partial charge in [-0.05, 0) is 19.1 Å². The Balaban J connectivity index is 2.39. The van der Waals surface area contributed by atoms with Gasteiger partial charge >= 0.3 is 0 Å². The van der Waals surface area contributed by atoms with E-state index in [-0.39, 0.29) is 17.2 Å². The maximum Gasteiger partial charge on any atom is 0.256 e. The first kappa shape index (κ1) is 10.9. The van der Waals surface area contributed by atoms with Crippen molar-refractivity contribution in [3.05, 3.63) is 41.5 Å². The van der Waals surface area contributed by atoms with Crippen molar-refractivity contribution in [2.24, 2.45) is 5.16 Å². The molecule has 2 heterocycles. The highest BCUT2D eigenvalue weighted by molar-refractivity contribution is 6.50. The van der Waals surface area contributed by atoms with Gasteiger partial charge in [0.25, 0.3) is 5.78 Å². The van der Waals surface area contributed by atoms with Crippen LogP contribution in [0.15, 0.2) is 34.1 Å². The molecule has 1 N–H and O–H groups in total. The molecule has 0 amide bonds. The molecule has 0 radical (unpaired) electrons. The number of carbonyl (C=O) groups excluding carboxylic acids is 1. The first-order chi connectivity index (χ1) is 8.22. The Morgan fingerprint density at radius 3 is 2.88 bits per heavy atom. The Morgan fingerprint density at radius 2 is 2.29 bits per heavy atom. The van der Waals surface area contributed by atoms with Crippen LogP contribution < -0.4 is 0 Å². The Labute approximate surface area is 95.8 Å². The summed E-state index contributed by atoms with van der Waals surface area (Å²) in [4.78, 5) is 15.9. The van der Waals surface area contributed by atoms with Crippen molar-refractivity contribution in [3.63, 3.8) is 0 Å². The maximum atomic E-state index is 11.8. The molecule has 86 valence electrons. The van der Waals surface area contributed by atoms with Crippen molar-refractivity contribution in [1.29, 1.82) is 0 Å². The number of oxime groups is 1. The van der Waals surface area contributed by atoms with Crippen LogP contribution in [0.2, 0.25) is 0 Å². The van der Waals surface area contributed by atoms with Crippen molar-refractivity contribution in [3.8, 4) is 0 Å². The molecule has 2 aromatic heterocycles. The minimum atomic E-state index is -0.629. The summed E-state index contributed by atoms with van der Waals surface area (Å²) in [6.45, 7) is 1.76. The standard InChI is InChI=1S/C10H8N4O3/c1-6-3-2-4-7(12-6)9(13-16)10(15)8-5-11-14-17-8/h2-5,16H,1H3. The van der Waals surface area contributed by atoms with E-state index in [1.165, 1.54) is 0 Å². The summed E-state index contributed by atoms with van der Waals surface area (Å²) < 4.78 is 4.60. The molecule has 0 fully saturated rings. The van der Waals surface area contributed by atoms with Crippen LogP contribution >= 0.6 is 0 Å². The average Bonchev–Trinajstić information content (AvgIpc) is 2.83. The van der Waals surface area contributed by atoms with Gasteiger partial charge in [0.2, 0.25) is 5.76 Å². The highest BCUT2D eigenvalue weighted by Gasteiger charge is 2.22. The van der Waals surface area contributed by atoms with E-state index in [1.54, 1.807) is 25.1 Å². The Hall–Kier alpha value is -2.57. The van der Waals surface area contributed by atoms with Crippen LogP contribution in [0.4, 0.5) is 0 Å². The molecule has 0 aromatic carbocycles. The van der Waals surface area contributed by atoms with Gasteiger partial charge in [0.05, 0.1) is 5.69 Å². The molecule has 0 unspecified atom stereocenters. The second-order valence-corrected chi connectivity index (χ2v) is 3.22. The van der Waals surface area contributed by atoms with Gasteiger partial charge in [0, 0.05) is 11.0 Å². The largest absolute Gasteiger partial charge is 0.410 e. The minimum Gasteiger partial charge on any atom is -0.410 e. The second-order valence-electron chi connectivity index (χ2n) is 3.22. The number of carbonyl (C=O) groups is 1. The van der Waals surface area contributed by atoms with E-state index in [9.17, 15) is 4.79 Å². The number of ketones is 1. The fraction of sp³-hybridized carbons (Fsp3) is 0.100. The van der Waals surface area contributed by atoms with Gasteiger partial charge in [0.15, 0.2) is 5.71 Å². The number of aryl methyl sites for hydroxylation is 1. The van der Waals surface area contributed by atoms with Crippen LogP contribution in [0.5, 0.6) is 0 Å². The molecule has 2 rings (SSSR count). The third-order valence-electron chi connectivity index (χ3n) is 2.03. The monoisotopic (exact) mass is 232 g/mol. The predicted octanol–water partition coefficient (Wildman–Crippen LogP) is 0.834. The summed E-state index contributed by atoms with van der Waals surface area (Å²) in [5.74, 6) is -0.739. The van der Waals surface area contributed by atoms with Gasteiger partial charge < -0.3 is 9.73 Å². The number of Topliss-reactive ketones (excluding diaryl/α,β-unsaturated/α-hetero) is 1. The number of pyridine rings is 1. The van der Waals surface area contributed by atoms with Crippen molar-refractivity contribution >= 4 is 11.5 Å². The van der Waals surface area contributed by atoms with Gasteiger partial charge in [-0.1, -0.05) is 11.2 Å². The Bertz CT molecular complexity index is 563. The Morgan fingerprint density at radius 1 is 1.47 bits per heavy atom. The molecule has 0 aliphatic rings. The third-order valence-corrected chi connectivity index (χ3v) is 2.03. The van der Waals surface area contributed by atoms with Gasteiger partial charge in [-0.15, -0.1) is 5.10 Å². The number of hydrogen-bond acceptors (Lipinski definition) is 7. The van der Waals surface area contributed by atoms with Crippen molar-refractivity contribution < 1.29 is 14.5 Å². The van der Waals surface area contributed by atoms with E-state index in [0.29, 0.717) is 5.69 Å². The first-order valence-corrected chi connectivity index (χ1v) is 4.70. The molecular weight excluding hydrogens is 224 g/mol. The van der Waals surface area contributed by atoms with Crippen LogP contribution in [-0.4, -0.2) is 32.1 Å². The molecule has 7 nitrogen and oxygen atoms in total. The number of hydrogen-bond donors (Lipinski definition) is 1. The normalized spacial score (nSPS) is 11.5. The minimum absolute atomic E-state index is 0.110. The van der Waals surface area contributed by atoms with Crippen molar-refractivity contribution in [1.82, 2.24) is 15.4 Å². The summed E-state index contributed by atoms with van der Waals surface area (Å²) in [6.07, 6.45) is 1.14. The van der Waals surface area contributed by atoms with Gasteiger partial charge in [0.1, 0.15) is 6.20 Å². The third kappa shape index (κ3) is 2.17. The molecule has 7 heteroatoms. The predicted molar refractivity (Wildman–Crippen MR) is 55.9 cm³/mol. The summed E-state index contributed by atoms with van der Waals surface area (Å²) in [5, 5.41) is 18.4. The maximum absolute atomic E-state index is 11.8. The fourth-order valence-corrected chi connectivity index (χ4v) is 1.27. The molecule has 0 saturated carbocycles. The smallest absolute Gasteiger partial charge is 0.256 e. The molecule has 0 aliphatic heterocycles. The SMILES string of the molecule is Cc1cccc(C(=NO)C(=O)c2cnno2)n1. The molecule has 0 spiro atoms. The van der Waals surface area contributed by atoms with E-state index in [1.807, 2.05) is 0 Å². The van der Waals surface area contributed by atoms with E-state index >= 15 is 0 Å². The highest BCUT2D eigenvalue weighted by atomic mass is 16.5. The quantitative estimate of drug-likeness (QED) is 0.364. The first-order valence-electron chi connectivity index (χ1n) is 4.70. The average molecular weight is 232 g/mol. The lowest BCUT2D eigenvalue weighted by atomic mass is 10.1. The molecule has 0 saturated heterocycles. The lowest BCUT2D eigenvalue weighted by Crippen LogP contribution is -2.17. The summed E-state index contributed by atoms with van der Waals surface area (Å²) in [6, 6.07) is 5.03. The molecule has 0 bridgehead atoms. The summed E-state index contributed by atoms with van der Waals surface area (Å²) in [7, 11) is 0. The zero-order chi connectivity index (χ0) is 12.3. The number of aromatic nitrogens is 3. The molecule has 0 atom stereocenters. The van der Waals surface area contributed by atoms with Gasteiger partial charge in [-0.25, -0.2) is 0 Å². The molecule has 0 aliphatic carbocycles. The van der Waals surface area contributed by atoms with E-state index in [2.05, 4.69) is 25.0 Å². The van der Waals surface area contributed by atoms with E-state index in [4.69, 9.17) is 5.21 Å². The summed E-state index contributed by atoms with van der Waals surface area (Å²) in [5.41, 5.74) is 0.744. The van der Waals surface area contributed by atoms with Crippen LogP contribution in [0.1, 0.15) is 21.9 Å². The zero-order valence-corrected chi connectivity index (χ0v) is 8.86. The van der Waals surface area contributed by atoms with Gasteiger partial charge in [-0.2, -0.15) is 0 Å². The fourth-order valence-electron chi connectivity index (χ4n) is 1.27. The number of rotatable bonds is 3. The lowest BCUT2D eigenvalue weighted by Gasteiger charge is -2.00. The van der Waals surface area contributed by atoms with Gasteiger partial charge in [-0.3, -0.25) is 9.78 Å². The van der Waals surface area contributed by atoms with E-state index in [0.717, 1.165) is 6.20 Å². The van der Waals surface area contributed by atoms with Crippen molar-refractivity contribution in [2.45, 2.75) is 6.92 Å². The van der Waals surface area contributed by atoms with Crippen LogP contribution in [-0.2, 0) is 0 Å². The van der Waals surface area contributed by atoms with Crippen LogP contribution in [0, 0.1) is 6.92 Å². The molecule has 2 aromatic rings. The highest BCUT2D eigenvalue weighted by Crippen LogP contribution is 2.06. The molecular formula is C10H8N4O3. The summed E-state index contributed by atoms with van der Waals surface area (Å²) >= 11 is 0. The van der Waals surface area contributed by atoms with Crippen LogP contribution in [0.25, 0.3) is 0 Å². The topological polar surface area (TPSA) is 101 Å². The second kappa shape index (κ2) is 4.52. The van der Waals surface area contributed by atoms with Crippen LogP contribution in [0.3, 0.4) is 0 Å². The zero-order valence-electron chi connectivity index (χ0n) is 8.86. The lowest BCUT2D eigenvalue weighted by molar-refractivity contribution is 0.102. The molecule has 17 heavy (non-hydrogen) atoms.